The molecule has 0 spiro atoms. The molecule has 94 valence electrons. The van der Waals surface area contributed by atoms with Gasteiger partial charge in [-0.05, 0) is 34.2 Å². The first-order chi connectivity index (χ1) is 8.11. The summed E-state index contributed by atoms with van der Waals surface area (Å²) in [6.07, 6.45) is 8.11. The first-order valence-electron chi connectivity index (χ1n) is 6.01. The summed E-state index contributed by atoms with van der Waals surface area (Å²) in [5.41, 5.74) is 0.384. The Balaban J connectivity index is 1.99. The largest absolute Gasteiger partial charge is 0.368 e. The zero-order valence-corrected chi connectivity index (χ0v) is 12.3. The molecule has 17 heavy (non-hydrogen) atoms. The number of anilines is 1. The summed E-state index contributed by atoms with van der Waals surface area (Å²) in [7, 11) is 0. The fraction of sp³-hybridized carbons (Fsp3) is 0.667. The maximum Gasteiger partial charge on any atom is 0.148 e. The van der Waals surface area contributed by atoms with Crippen LogP contribution in [0.4, 0.5) is 5.82 Å². The molecule has 0 bridgehead atoms. The minimum absolute atomic E-state index is 0.384. The lowest BCUT2D eigenvalue weighted by atomic mass is 9.76. The number of nitrogens with zero attached hydrogens (tertiary/aromatic N) is 2. The van der Waals surface area contributed by atoms with Gasteiger partial charge in [-0.3, -0.25) is 0 Å². The summed E-state index contributed by atoms with van der Waals surface area (Å²) in [6.45, 7) is 3.29. The van der Waals surface area contributed by atoms with Crippen molar-refractivity contribution in [2.45, 2.75) is 39.0 Å². The molecule has 0 radical (unpaired) electrons. The van der Waals surface area contributed by atoms with Crippen molar-refractivity contribution in [2.24, 2.45) is 5.41 Å². The Kier molecular flexibility index (Phi) is 4.26. The van der Waals surface area contributed by atoms with Gasteiger partial charge in [-0.2, -0.15) is 0 Å². The Bertz CT molecular complexity index is 391. The molecule has 1 aromatic heterocycles. The number of rotatable bonds is 3. The fourth-order valence-electron chi connectivity index (χ4n) is 2.35. The van der Waals surface area contributed by atoms with Crippen molar-refractivity contribution in [1.29, 1.82) is 0 Å². The number of nitrogens with one attached hydrogen (secondary N) is 1. The van der Waals surface area contributed by atoms with Crippen LogP contribution in [0.1, 0.15) is 39.0 Å². The Morgan fingerprint density at radius 1 is 1.35 bits per heavy atom. The van der Waals surface area contributed by atoms with E-state index in [1.54, 1.807) is 0 Å². The van der Waals surface area contributed by atoms with E-state index in [-0.39, 0.29) is 0 Å². The van der Waals surface area contributed by atoms with E-state index < -0.39 is 0 Å². The molecule has 0 unspecified atom stereocenters. The first kappa shape index (κ1) is 13.1. The summed E-state index contributed by atoms with van der Waals surface area (Å²) in [5, 5.41) is 3.84. The average molecular weight is 319 g/mol. The Labute approximate surface area is 116 Å². The SMILES string of the molecule is CC1(CNc2ncnc(Cl)c2Br)CCCCC1. The molecule has 1 aromatic rings. The topological polar surface area (TPSA) is 37.8 Å². The van der Waals surface area contributed by atoms with Crippen molar-refractivity contribution in [3.8, 4) is 0 Å². The Morgan fingerprint density at radius 3 is 2.76 bits per heavy atom. The van der Waals surface area contributed by atoms with E-state index in [1.807, 2.05) is 0 Å². The van der Waals surface area contributed by atoms with Gasteiger partial charge in [0.25, 0.3) is 0 Å². The Morgan fingerprint density at radius 2 is 2.06 bits per heavy atom. The van der Waals surface area contributed by atoms with Gasteiger partial charge in [0.15, 0.2) is 0 Å². The third kappa shape index (κ3) is 3.32. The highest BCUT2D eigenvalue weighted by Gasteiger charge is 2.26. The number of aromatic nitrogens is 2. The van der Waals surface area contributed by atoms with Gasteiger partial charge < -0.3 is 5.32 Å². The van der Waals surface area contributed by atoms with Crippen LogP contribution in [0.3, 0.4) is 0 Å². The first-order valence-corrected chi connectivity index (χ1v) is 7.18. The van der Waals surface area contributed by atoms with Crippen LogP contribution in [0.25, 0.3) is 0 Å². The van der Waals surface area contributed by atoms with Crippen LogP contribution in [0.5, 0.6) is 0 Å². The van der Waals surface area contributed by atoms with E-state index in [0.717, 1.165) is 16.8 Å². The molecule has 2 rings (SSSR count). The molecule has 1 heterocycles. The molecule has 5 heteroatoms. The van der Waals surface area contributed by atoms with Gasteiger partial charge in [-0.25, -0.2) is 9.97 Å². The minimum Gasteiger partial charge on any atom is -0.368 e. The molecule has 0 aliphatic heterocycles. The maximum atomic E-state index is 5.93. The Hall–Kier alpha value is -0.350. The van der Waals surface area contributed by atoms with E-state index in [4.69, 9.17) is 11.6 Å². The maximum absolute atomic E-state index is 5.93. The molecule has 1 saturated carbocycles. The van der Waals surface area contributed by atoms with Crippen molar-refractivity contribution >= 4 is 33.3 Å². The molecule has 3 nitrogen and oxygen atoms in total. The molecule has 0 amide bonds. The molecule has 1 fully saturated rings. The van der Waals surface area contributed by atoms with Crippen LogP contribution < -0.4 is 5.32 Å². The second-order valence-electron chi connectivity index (χ2n) is 5.05. The van der Waals surface area contributed by atoms with Crippen LogP contribution >= 0.6 is 27.5 Å². The summed E-state index contributed by atoms with van der Waals surface area (Å²) < 4.78 is 0.751. The second-order valence-corrected chi connectivity index (χ2v) is 6.20. The zero-order chi connectivity index (χ0) is 12.3. The van der Waals surface area contributed by atoms with E-state index in [2.05, 4.69) is 38.1 Å². The van der Waals surface area contributed by atoms with E-state index >= 15 is 0 Å². The van der Waals surface area contributed by atoms with Crippen molar-refractivity contribution in [1.82, 2.24) is 9.97 Å². The third-order valence-electron chi connectivity index (χ3n) is 3.49. The summed E-state index contributed by atoms with van der Waals surface area (Å²) in [5.74, 6) is 0.789. The molecule has 0 aromatic carbocycles. The quantitative estimate of drug-likeness (QED) is 0.846. The molecule has 0 atom stereocenters. The molecule has 1 aliphatic carbocycles. The van der Waals surface area contributed by atoms with E-state index in [9.17, 15) is 0 Å². The van der Waals surface area contributed by atoms with Gasteiger partial charge in [0.1, 0.15) is 17.3 Å². The summed E-state index contributed by atoms with van der Waals surface area (Å²) in [4.78, 5) is 8.12. The molecular weight excluding hydrogens is 302 g/mol. The smallest absolute Gasteiger partial charge is 0.148 e. The second kappa shape index (κ2) is 5.53. The zero-order valence-electron chi connectivity index (χ0n) is 9.97. The highest BCUT2D eigenvalue weighted by molar-refractivity contribution is 9.10. The normalized spacial score (nSPS) is 19.0. The summed E-state index contributed by atoms with van der Waals surface area (Å²) >= 11 is 9.34. The molecule has 1 aliphatic rings. The highest BCUT2D eigenvalue weighted by atomic mass is 79.9. The van der Waals surface area contributed by atoms with Gasteiger partial charge in [0, 0.05) is 6.54 Å². The molecular formula is C12H17BrClN3. The predicted octanol–water partition coefficient (Wildman–Crippen LogP) is 4.27. The number of hydrogen-bond donors (Lipinski definition) is 1. The van der Waals surface area contributed by atoms with Crippen LogP contribution in [0, 0.1) is 5.41 Å². The third-order valence-corrected chi connectivity index (χ3v) is 4.76. The van der Waals surface area contributed by atoms with Gasteiger partial charge in [0.2, 0.25) is 0 Å². The van der Waals surface area contributed by atoms with Gasteiger partial charge in [0.05, 0.1) is 4.47 Å². The van der Waals surface area contributed by atoms with Crippen LogP contribution in [0.2, 0.25) is 5.15 Å². The molecule has 0 saturated heterocycles. The van der Waals surface area contributed by atoms with Crippen molar-refractivity contribution in [3.05, 3.63) is 16.0 Å². The van der Waals surface area contributed by atoms with Crippen molar-refractivity contribution in [2.75, 3.05) is 11.9 Å². The van der Waals surface area contributed by atoms with Crippen LogP contribution in [-0.2, 0) is 0 Å². The van der Waals surface area contributed by atoms with E-state index in [1.165, 1.54) is 38.4 Å². The van der Waals surface area contributed by atoms with Gasteiger partial charge in [-0.1, -0.05) is 37.8 Å². The van der Waals surface area contributed by atoms with Crippen molar-refractivity contribution < 1.29 is 0 Å². The average Bonchev–Trinajstić information content (AvgIpc) is 2.32. The lowest BCUT2D eigenvalue weighted by Crippen LogP contribution is -2.29. The lowest BCUT2D eigenvalue weighted by Gasteiger charge is -2.33. The van der Waals surface area contributed by atoms with E-state index in [0.29, 0.717) is 10.6 Å². The van der Waals surface area contributed by atoms with Crippen LogP contribution in [0.15, 0.2) is 10.8 Å². The summed E-state index contributed by atoms with van der Waals surface area (Å²) in [6, 6.07) is 0. The van der Waals surface area contributed by atoms with Gasteiger partial charge in [-0.15, -0.1) is 0 Å². The monoisotopic (exact) mass is 317 g/mol. The van der Waals surface area contributed by atoms with Crippen LogP contribution in [-0.4, -0.2) is 16.5 Å². The minimum atomic E-state index is 0.384. The lowest BCUT2D eigenvalue weighted by molar-refractivity contribution is 0.233. The highest BCUT2D eigenvalue weighted by Crippen LogP contribution is 2.36. The number of hydrogen-bond acceptors (Lipinski definition) is 3. The molecule has 1 N–H and O–H groups in total. The predicted molar refractivity (Wildman–Crippen MR) is 74.4 cm³/mol. The fourth-order valence-corrected chi connectivity index (χ4v) is 2.83. The van der Waals surface area contributed by atoms with Gasteiger partial charge >= 0.3 is 0 Å². The number of halogens is 2. The standard InChI is InChI=1S/C12H17BrClN3/c1-12(5-3-2-4-6-12)7-15-11-9(13)10(14)16-8-17-11/h8H,2-7H2,1H3,(H,15,16,17). The van der Waals surface area contributed by atoms with Crippen molar-refractivity contribution in [3.63, 3.8) is 0 Å².